The smallest absolute Gasteiger partial charge is 0.410 e. The Labute approximate surface area is 138 Å². The molecular weight excluding hydrogens is 320 g/mol. The van der Waals surface area contributed by atoms with Gasteiger partial charge in [0.2, 0.25) is 0 Å². The fraction of sp³-hybridized carbons (Fsp3) is 0.733. The molecule has 0 N–H and O–H groups in total. The van der Waals surface area contributed by atoms with Gasteiger partial charge in [-0.2, -0.15) is 0 Å². The molecule has 0 radical (unpaired) electrons. The summed E-state index contributed by atoms with van der Waals surface area (Å²) in [6, 6.07) is 0.0114. The molecule has 1 saturated heterocycles. The highest BCUT2D eigenvalue weighted by molar-refractivity contribution is 7.84. The van der Waals surface area contributed by atoms with Crippen molar-refractivity contribution in [3.63, 3.8) is 0 Å². The van der Waals surface area contributed by atoms with Crippen LogP contribution in [0.15, 0.2) is 11.7 Å². The molecule has 0 aliphatic carbocycles. The molecule has 1 amide bonds. The second kappa shape index (κ2) is 7.55. The van der Waals surface area contributed by atoms with E-state index >= 15 is 0 Å². The van der Waals surface area contributed by atoms with Gasteiger partial charge in [0.1, 0.15) is 5.60 Å². The van der Waals surface area contributed by atoms with Gasteiger partial charge >= 0.3 is 6.09 Å². The summed E-state index contributed by atoms with van der Waals surface area (Å²) in [5.74, 6) is 1.03. The first kappa shape index (κ1) is 17.4. The monoisotopic (exact) mass is 344 g/mol. The maximum Gasteiger partial charge on any atom is 0.410 e. The van der Waals surface area contributed by atoms with E-state index in [0.29, 0.717) is 18.1 Å². The second-order valence-electron chi connectivity index (χ2n) is 6.54. The Morgan fingerprint density at radius 3 is 2.91 bits per heavy atom. The summed E-state index contributed by atoms with van der Waals surface area (Å²) < 4.78 is 17.8. The SMILES string of the molecule is CC(C)(C)OC(=O)N1CCCC[C@@H]1C[S@](=O)Cc1cncs1. The fourth-order valence-corrected chi connectivity index (χ4v) is 4.81. The van der Waals surface area contributed by atoms with E-state index < -0.39 is 16.4 Å². The molecule has 2 atom stereocenters. The lowest BCUT2D eigenvalue weighted by molar-refractivity contribution is 0.0125. The number of carbonyl (C=O) groups is 1. The van der Waals surface area contributed by atoms with Crippen LogP contribution >= 0.6 is 11.3 Å². The van der Waals surface area contributed by atoms with Crippen molar-refractivity contribution in [2.45, 2.75) is 57.4 Å². The number of piperidine rings is 1. The standard InChI is InChI=1S/C15H24N2O3S2/c1-15(2,3)20-14(18)17-7-5-4-6-12(17)9-22(19)10-13-8-16-11-21-13/h8,11-12H,4-7,9-10H2,1-3H3/t12-,22+/m1/s1. The van der Waals surface area contributed by atoms with Crippen molar-refractivity contribution in [3.8, 4) is 0 Å². The molecule has 1 aromatic heterocycles. The number of nitrogens with zero attached hydrogens (tertiary/aromatic N) is 2. The summed E-state index contributed by atoms with van der Waals surface area (Å²) in [6.45, 7) is 6.29. The number of ether oxygens (including phenoxy) is 1. The third-order valence-electron chi connectivity index (χ3n) is 3.42. The van der Waals surface area contributed by atoms with E-state index in [0.717, 1.165) is 24.1 Å². The molecule has 1 aliphatic heterocycles. The van der Waals surface area contributed by atoms with Crippen LogP contribution in [0.1, 0.15) is 44.9 Å². The summed E-state index contributed by atoms with van der Waals surface area (Å²) >= 11 is 1.52. The van der Waals surface area contributed by atoms with Gasteiger partial charge in [-0.15, -0.1) is 11.3 Å². The van der Waals surface area contributed by atoms with E-state index in [9.17, 15) is 9.00 Å². The highest BCUT2D eigenvalue weighted by Gasteiger charge is 2.31. The van der Waals surface area contributed by atoms with Gasteiger partial charge in [0.25, 0.3) is 0 Å². The molecule has 0 aromatic carbocycles. The molecule has 2 rings (SSSR count). The van der Waals surface area contributed by atoms with Crippen molar-refractivity contribution >= 4 is 28.2 Å². The minimum Gasteiger partial charge on any atom is -0.444 e. The maximum absolute atomic E-state index is 12.3. The maximum atomic E-state index is 12.3. The molecule has 2 heterocycles. The third-order valence-corrected chi connectivity index (χ3v) is 5.77. The lowest BCUT2D eigenvalue weighted by Gasteiger charge is -2.36. The number of hydrogen-bond donors (Lipinski definition) is 0. The Morgan fingerprint density at radius 1 is 1.50 bits per heavy atom. The van der Waals surface area contributed by atoms with Gasteiger partial charge in [-0.25, -0.2) is 4.79 Å². The van der Waals surface area contributed by atoms with Crippen LogP contribution in [-0.2, 0) is 21.3 Å². The lowest BCUT2D eigenvalue weighted by atomic mass is 10.0. The van der Waals surface area contributed by atoms with Gasteiger partial charge in [0.05, 0.1) is 11.3 Å². The Balaban J connectivity index is 1.94. The summed E-state index contributed by atoms with van der Waals surface area (Å²) in [7, 11) is -0.986. The zero-order valence-electron chi connectivity index (χ0n) is 13.4. The highest BCUT2D eigenvalue weighted by Crippen LogP contribution is 2.22. The molecule has 1 aliphatic rings. The van der Waals surface area contributed by atoms with E-state index in [2.05, 4.69) is 4.98 Å². The molecule has 0 bridgehead atoms. The van der Waals surface area contributed by atoms with Crippen LogP contribution in [-0.4, -0.2) is 44.1 Å². The molecule has 7 heteroatoms. The van der Waals surface area contributed by atoms with Gasteiger partial charge in [-0.05, 0) is 40.0 Å². The summed E-state index contributed by atoms with van der Waals surface area (Å²) in [6.07, 6.45) is 4.42. The second-order valence-corrected chi connectivity index (χ2v) is 9.01. The zero-order chi connectivity index (χ0) is 16.2. The first-order valence-corrected chi connectivity index (χ1v) is 9.94. The Bertz CT molecular complexity index is 511. The number of thiazole rings is 1. The number of amides is 1. The van der Waals surface area contributed by atoms with Gasteiger partial charge < -0.3 is 9.64 Å². The van der Waals surface area contributed by atoms with Crippen molar-refractivity contribution in [2.24, 2.45) is 0 Å². The van der Waals surface area contributed by atoms with E-state index in [4.69, 9.17) is 4.74 Å². The van der Waals surface area contributed by atoms with Crippen molar-refractivity contribution in [3.05, 3.63) is 16.6 Å². The summed E-state index contributed by atoms with van der Waals surface area (Å²) in [5.41, 5.74) is 1.25. The third kappa shape index (κ3) is 5.35. The molecular formula is C15H24N2O3S2. The zero-order valence-corrected chi connectivity index (χ0v) is 15.0. The number of hydrogen-bond acceptors (Lipinski definition) is 5. The predicted molar refractivity (Wildman–Crippen MR) is 89.4 cm³/mol. The average Bonchev–Trinajstić information content (AvgIpc) is 2.90. The molecule has 0 unspecified atom stereocenters. The first-order valence-electron chi connectivity index (χ1n) is 7.57. The van der Waals surface area contributed by atoms with Crippen molar-refractivity contribution in [2.75, 3.05) is 12.3 Å². The molecule has 1 fully saturated rings. The normalized spacial score (nSPS) is 20.7. The molecule has 22 heavy (non-hydrogen) atoms. The van der Waals surface area contributed by atoms with Crippen LogP contribution in [0.2, 0.25) is 0 Å². The topological polar surface area (TPSA) is 59.5 Å². The molecule has 0 saturated carbocycles. The van der Waals surface area contributed by atoms with Gasteiger partial charge in [-0.1, -0.05) is 0 Å². The number of aromatic nitrogens is 1. The summed E-state index contributed by atoms with van der Waals surface area (Å²) in [5, 5.41) is 0. The lowest BCUT2D eigenvalue weighted by Crippen LogP contribution is -2.48. The quantitative estimate of drug-likeness (QED) is 0.842. The van der Waals surface area contributed by atoms with Crippen molar-refractivity contribution in [1.82, 2.24) is 9.88 Å². The highest BCUT2D eigenvalue weighted by atomic mass is 32.2. The van der Waals surface area contributed by atoms with Gasteiger partial charge in [-0.3, -0.25) is 9.19 Å². The molecule has 1 aromatic rings. The number of carbonyl (C=O) groups excluding carboxylic acids is 1. The molecule has 124 valence electrons. The average molecular weight is 345 g/mol. The Morgan fingerprint density at radius 2 is 2.27 bits per heavy atom. The Hall–Kier alpha value is -0.950. The van der Waals surface area contributed by atoms with Crippen LogP contribution in [0, 0.1) is 0 Å². The van der Waals surface area contributed by atoms with E-state index in [1.54, 1.807) is 16.6 Å². The van der Waals surface area contributed by atoms with Crippen LogP contribution in [0.5, 0.6) is 0 Å². The molecule has 5 nitrogen and oxygen atoms in total. The minimum atomic E-state index is -0.986. The molecule has 0 spiro atoms. The van der Waals surface area contributed by atoms with Crippen LogP contribution in [0.4, 0.5) is 4.79 Å². The van der Waals surface area contributed by atoms with Crippen LogP contribution in [0.25, 0.3) is 0 Å². The van der Waals surface area contributed by atoms with Crippen LogP contribution in [0.3, 0.4) is 0 Å². The first-order chi connectivity index (χ1) is 10.3. The number of rotatable bonds is 4. The van der Waals surface area contributed by atoms with Gasteiger partial charge in [0.15, 0.2) is 0 Å². The van der Waals surface area contributed by atoms with Crippen LogP contribution < -0.4 is 0 Å². The van der Waals surface area contributed by atoms with Gasteiger partial charge in [0, 0.05) is 40.2 Å². The van der Waals surface area contributed by atoms with Crippen molar-refractivity contribution < 1.29 is 13.7 Å². The van der Waals surface area contributed by atoms with E-state index in [-0.39, 0.29) is 12.1 Å². The fourth-order valence-electron chi connectivity index (χ4n) is 2.48. The van der Waals surface area contributed by atoms with E-state index in [1.165, 1.54) is 11.3 Å². The predicted octanol–water partition coefficient (Wildman–Crippen LogP) is 3.18. The summed E-state index contributed by atoms with van der Waals surface area (Å²) in [4.78, 5) is 19.1. The number of likely N-dealkylation sites (tertiary alicyclic amines) is 1. The minimum absolute atomic E-state index is 0.0114. The largest absolute Gasteiger partial charge is 0.444 e. The van der Waals surface area contributed by atoms with Crippen molar-refractivity contribution in [1.29, 1.82) is 0 Å². The van der Waals surface area contributed by atoms with E-state index in [1.807, 2.05) is 20.8 Å². The Kier molecular flexibility index (Phi) is 5.97.